The minimum atomic E-state index is -0.732. The summed E-state index contributed by atoms with van der Waals surface area (Å²) in [6.45, 7) is 0.361. The van der Waals surface area contributed by atoms with Crippen LogP contribution in [-0.2, 0) is 0 Å². The summed E-state index contributed by atoms with van der Waals surface area (Å²) >= 11 is 1.38. The summed E-state index contributed by atoms with van der Waals surface area (Å²) in [5.74, 6) is 0.500. The summed E-state index contributed by atoms with van der Waals surface area (Å²) in [5.41, 5.74) is -0.333. The lowest BCUT2D eigenvalue weighted by molar-refractivity contribution is 0.0155. The lowest BCUT2D eigenvalue weighted by atomic mass is 10.0. The Balaban J connectivity index is 1.70. The van der Waals surface area contributed by atoms with E-state index in [0.717, 1.165) is 25.7 Å². The number of aliphatic hydroxyl groups is 1. The molecule has 0 aliphatic heterocycles. The number of carbonyl (C=O) groups is 1. The Morgan fingerprint density at radius 1 is 1.52 bits per heavy atom. The predicted octanol–water partition coefficient (Wildman–Crippen LogP) is 2.78. The highest BCUT2D eigenvalue weighted by molar-refractivity contribution is 7.13. The Bertz CT molecular complexity index is 615. The van der Waals surface area contributed by atoms with Crippen molar-refractivity contribution in [2.45, 2.75) is 31.3 Å². The molecule has 1 amide bonds. The summed E-state index contributed by atoms with van der Waals surface area (Å²) in [6, 6.07) is 3.61. The lowest BCUT2D eigenvalue weighted by Gasteiger charge is -2.28. The molecule has 112 valence electrons. The molecule has 5 nitrogen and oxygen atoms in total. The van der Waals surface area contributed by atoms with Crippen LogP contribution in [0.25, 0.3) is 10.8 Å². The Kier molecular flexibility index (Phi) is 3.82. The van der Waals surface area contributed by atoms with Crippen LogP contribution in [0.4, 0.5) is 0 Å². The molecule has 6 heteroatoms. The van der Waals surface area contributed by atoms with Gasteiger partial charge in [-0.05, 0) is 25.0 Å². The zero-order chi connectivity index (χ0) is 14.9. The van der Waals surface area contributed by atoms with Gasteiger partial charge >= 0.3 is 0 Å². The average molecular weight is 306 g/mol. The highest BCUT2D eigenvalue weighted by Crippen LogP contribution is 2.30. The molecule has 2 aromatic rings. The molecule has 0 spiro atoms. The third-order valence-electron chi connectivity index (χ3n) is 3.87. The first kappa shape index (κ1) is 14.3. The maximum atomic E-state index is 12.4. The van der Waals surface area contributed by atoms with Gasteiger partial charge in [0.15, 0.2) is 10.8 Å². The zero-order valence-corrected chi connectivity index (χ0v) is 12.7. The minimum absolute atomic E-state index is 0.163. The van der Waals surface area contributed by atoms with Crippen molar-refractivity contribution in [3.8, 4) is 10.8 Å². The first-order chi connectivity index (χ1) is 10.1. The third kappa shape index (κ3) is 3.01. The second kappa shape index (κ2) is 5.61. The quantitative estimate of drug-likeness (QED) is 0.943. The van der Waals surface area contributed by atoms with Gasteiger partial charge in [0.2, 0.25) is 0 Å². The van der Waals surface area contributed by atoms with Crippen LogP contribution in [-0.4, -0.2) is 40.1 Å². The number of hydrogen-bond donors (Lipinski definition) is 1. The van der Waals surface area contributed by atoms with E-state index in [9.17, 15) is 9.90 Å². The molecule has 21 heavy (non-hydrogen) atoms. The van der Waals surface area contributed by atoms with Gasteiger partial charge in [0, 0.05) is 19.0 Å². The van der Waals surface area contributed by atoms with Crippen LogP contribution in [0.15, 0.2) is 28.2 Å². The van der Waals surface area contributed by atoms with Crippen LogP contribution in [0.5, 0.6) is 0 Å². The van der Waals surface area contributed by atoms with Crippen LogP contribution in [0.2, 0.25) is 0 Å². The van der Waals surface area contributed by atoms with Crippen LogP contribution in [0.1, 0.15) is 36.2 Å². The maximum Gasteiger partial charge on any atom is 0.273 e. The Labute approximate surface area is 127 Å². The van der Waals surface area contributed by atoms with E-state index >= 15 is 0 Å². The fourth-order valence-electron chi connectivity index (χ4n) is 2.79. The Hall–Kier alpha value is -1.66. The molecule has 1 aliphatic rings. The van der Waals surface area contributed by atoms with Crippen LogP contribution >= 0.6 is 11.3 Å². The van der Waals surface area contributed by atoms with Gasteiger partial charge in [0.05, 0.1) is 11.9 Å². The minimum Gasteiger partial charge on any atom is -0.462 e. The Morgan fingerprint density at radius 3 is 2.95 bits per heavy atom. The van der Waals surface area contributed by atoms with Crippen molar-refractivity contribution in [1.82, 2.24) is 9.88 Å². The topological polar surface area (TPSA) is 66.6 Å². The van der Waals surface area contributed by atoms with Gasteiger partial charge in [-0.3, -0.25) is 4.79 Å². The molecule has 1 N–H and O–H groups in total. The molecule has 0 atom stereocenters. The molecular weight excluding hydrogens is 288 g/mol. The number of thiazole rings is 1. The van der Waals surface area contributed by atoms with E-state index in [4.69, 9.17) is 4.42 Å². The number of carbonyl (C=O) groups excluding carboxylic acids is 1. The van der Waals surface area contributed by atoms with Crippen molar-refractivity contribution < 1.29 is 14.3 Å². The van der Waals surface area contributed by atoms with Crippen LogP contribution in [0.3, 0.4) is 0 Å². The van der Waals surface area contributed by atoms with Gasteiger partial charge in [-0.1, -0.05) is 12.8 Å². The van der Waals surface area contributed by atoms with Crippen LogP contribution in [0, 0.1) is 0 Å². The molecule has 0 aromatic carbocycles. The summed E-state index contributed by atoms with van der Waals surface area (Å²) in [6.07, 6.45) is 5.16. The lowest BCUT2D eigenvalue weighted by Crippen LogP contribution is -2.42. The first-order valence-electron chi connectivity index (χ1n) is 7.05. The second-order valence-corrected chi connectivity index (χ2v) is 6.47. The van der Waals surface area contributed by atoms with Crippen molar-refractivity contribution in [3.63, 3.8) is 0 Å². The number of nitrogens with zero attached hydrogens (tertiary/aromatic N) is 2. The van der Waals surface area contributed by atoms with Crippen molar-refractivity contribution >= 4 is 17.2 Å². The van der Waals surface area contributed by atoms with E-state index in [1.807, 2.05) is 6.07 Å². The summed E-state index contributed by atoms with van der Waals surface area (Å²) < 4.78 is 5.28. The highest BCUT2D eigenvalue weighted by atomic mass is 32.1. The molecular formula is C15H18N2O3S. The van der Waals surface area contributed by atoms with Gasteiger partial charge in [-0.25, -0.2) is 4.98 Å². The van der Waals surface area contributed by atoms with Crippen molar-refractivity contribution in [1.29, 1.82) is 0 Å². The highest BCUT2D eigenvalue weighted by Gasteiger charge is 2.34. The molecule has 3 rings (SSSR count). The van der Waals surface area contributed by atoms with E-state index in [-0.39, 0.29) is 5.91 Å². The van der Waals surface area contributed by atoms with Crippen molar-refractivity contribution in [2.24, 2.45) is 0 Å². The molecule has 2 aromatic heterocycles. The summed E-state index contributed by atoms with van der Waals surface area (Å²) in [7, 11) is 1.71. The molecule has 0 unspecified atom stereocenters. The Morgan fingerprint density at radius 2 is 2.29 bits per heavy atom. The summed E-state index contributed by atoms with van der Waals surface area (Å²) in [5, 5.41) is 12.8. The van der Waals surface area contributed by atoms with Gasteiger partial charge < -0.3 is 14.4 Å². The van der Waals surface area contributed by atoms with Gasteiger partial charge in [0.1, 0.15) is 5.69 Å². The van der Waals surface area contributed by atoms with E-state index in [0.29, 0.717) is 23.0 Å². The number of amides is 1. The third-order valence-corrected chi connectivity index (χ3v) is 4.72. The first-order valence-corrected chi connectivity index (χ1v) is 7.93. The molecule has 0 radical (unpaired) electrons. The van der Waals surface area contributed by atoms with Crippen LogP contribution < -0.4 is 0 Å². The van der Waals surface area contributed by atoms with Gasteiger partial charge in [0.25, 0.3) is 5.91 Å². The fourth-order valence-corrected chi connectivity index (χ4v) is 3.55. The standard InChI is InChI=1S/C15H18N2O3S/c1-17(10-15(19)6-2-3-7-15)14(18)11-9-21-13(16-11)12-5-4-8-20-12/h4-5,8-9,19H,2-3,6-7,10H2,1H3. The molecule has 1 fully saturated rings. The SMILES string of the molecule is CN(CC1(O)CCCC1)C(=O)c1csc(-c2ccco2)n1. The fraction of sp³-hybridized carbons (Fsp3) is 0.467. The van der Waals surface area contributed by atoms with Crippen molar-refractivity contribution in [3.05, 3.63) is 29.5 Å². The molecule has 0 saturated heterocycles. The number of rotatable bonds is 4. The van der Waals surface area contributed by atoms with E-state index in [2.05, 4.69) is 4.98 Å². The normalized spacial score (nSPS) is 17.0. The monoisotopic (exact) mass is 306 g/mol. The van der Waals surface area contributed by atoms with Crippen molar-refractivity contribution in [2.75, 3.05) is 13.6 Å². The summed E-state index contributed by atoms with van der Waals surface area (Å²) in [4.78, 5) is 18.3. The largest absolute Gasteiger partial charge is 0.462 e. The number of hydrogen-bond acceptors (Lipinski definition) is 5. The van der Waals surface area contributed by atoms with E-state index in [1.165, 1.54) is 11.3 Å². The van der Waals surface area contributed by atoms with Gasteiger partial charge in [-0.15, -0.1) is 11.3 Å². The van der Waals surface area contributed by atoms with E-state index in [1.54, 1.807) is 29.7 Å². The second-order valence-electron chi connectivity index (χ2n) is 5.61. The molecule has 0 bridgehead atoms. The smallest absolute Gasteiger partial charge is 0.273 e. The predicted molar refractivity (Wildman–Crippen MR) is 80.2 cm³/mol. The average Bonchev–Trinajstić information content (AvgIpc) is 3.18. The molecule has 1 saturated carbocycles. The number of aromatic nitrogens is 1. The molecule has 1 aliphatic carbocycles. The van der Waals surface area contributed by atoms with E-state index < -0.39 is 5.60 Å². The number of furan rings is 1. The zero-order valence-electron chi connectivity index (χ0n) is 11.9. The number of likely N-dealkylation sites (N-methyl/N-ethyl adjacent to an activating group) is 1. The molecule has 2 heterocycles. The maximum absolute atomic E-state index is 12.4. The van der Waals surface area contributed by atoms with Gasteiger partial charge in [-0.2, -0.15) is 0 Å².